The van der Waals surface area contributed by atoms with Gasteiger partial charge in [-0.15, -0.1) is 0 Å². The molecule has 3 N–H and O–H groups in total. The van der Waals surface area contributed by atoms with Gasteiger partial charge >= 0.3 is 0 Å². The second kappa shape index (κ2) is 11.6. The van der Waals surface area contributed by atoms with Crippen molar-refractivity contribution >= 4 is 39.0 Å². The highest BCUT2D eigenvalue weighted by Crippen LogP contribution is 2.19. The Morgan fingerprint density at radius 1 is 0.974 bits per heavy atom. The van der Waals surface area contributed by atoms with Gasteiger partial charge < -0.3 is 15.5 Å². The van der Waals surface area contributed by atoms with E-state index in [-0.39, 0.29) is 16.8 Å². The number of hydrogen-bond acceptors (Lipinski definition) is 7. The van der Waals surface area contributed by atoms with Gasteiger partial charge in [-0.3, -0.25) is 9.52 Å². The van der Waals surface area contributed by atoms with Gasteiger partial charge in [-0.25, -0.2) is 18.4 Å². The van der Waals surface area contributed by atoms with Gasteiger partial charge in [0.1, 0.15) is 0 Å². The fourth-order valence-electron chi connectivity index (χ4n) is 4.41. The van der Waals surface area contributed by atoms with E-state index in [4.69, 9.17) is 4.99 Å². The third-order valence-electron chi connectivity index (χ3n) is 6.53. The SMILES string of the molecule is CC1CNCCN1C(=O)c1ccc(NC2=NC=CCC(c3ccc(NS(=O)(=O)c4ccccc4)cc3)=N2)cc1. The quantitative estimate of drug-likeness (QED) is 0.434. The first-order chi connectivity index (χ1) is 18.9. The molecule has 0 bridgehead atoms. The molecule has 0 radical (unpaired) electrons. The minimum Gasteiger partial charge on any atom is -0.333 e. The molecule has 5 rings (SSSR count). The minimum absolute atomic E-state index is 0.0279. The Hall–Kier alpha value is -4.28. The van der Waals surface area contributed by atoms with Crippen molar-refractivity contribution < 1.29 is 13.2 Å². The summed E-state index contributed by atoms with van der Waals surface area (Å²) in [5.41, 5.74) is 3.51. The maximum Gasteiger partial charge on any atom is 0.261 e. The average Bonchev–Trinajstić information content (AvgIpc) is 3.20. The van der Waals surface area contributed by atoms with Crippen molar-refractivity contribution in [3.63, 3.8) is 0 Å². The van der Waals surface area contributed by atoms with E-state index in [2.05, 4.69) is 20.3 Å². The van der Waals surface area contributed by atoms with E-state index in [1.807, 2.05) is 54.3 Å². The number of aliphatic imine (C=N–C) groups is 2. The van der Waals surface area contributed by atoms with Crippen LogP contribution in [0.25, 0.3) is 0 Å². The number of piperazine rings is 1. The first kappa shape index (κ1) is 26.3. The molecule has 0 saturated carbocycles. The molecule has 9 nitrogen and oxygen atoms in total. The zero-order valence-electron chi connectivity index (χ0n) is 21.5. The lowest BCUT2D eigenvalue weighted by Gasteiger charge is -2.34. The molecule has 2 aliphatic rings. The van der Waals surface area contributed by atoms with Crippen molar-refractivity contribution in [3.8, 4) is 0 Å². The Morgan fingerprint density at radius 2 is 1.69 bits per heavy atom. The molecule has 3 aromatic rings. The van der Waals surface area contributed by atoms with Gasteiger partial charge in [-0.2, -0.15) is 0 Å². The molecule has 3 aromatic carbocycles. The molecule has 2 heterocycles. The number of sulfonamides is 1. The highest BCUT2D eigenvalue weighted by atomic mass is 32.2. The van der Waals surface area contributed by atoms with Crippen LogP contribution in [0.2, 0.25) is 0 Å². The summed E-state index contributed by atoms with van der Waals surface area (Å²) in [5.74, 6) is 0.447. The lowest BCUT2D eigenvalue weighted by molar-refractivity contribution is 0.0656. The van der Waals surface area contributed by atoms with Crippen LogP contribution in [0, 0.1) is 0 Å². The number of carbonyl (C=O) groups is 1. The highest BCUT2D eigenvalue weighted by molar-refractivity contribution is 7.92. The molecule has 1 amide bonds. The van der Waals surface area contributed by atoms with Crippen molar-refractivity contribution in [1.29, 1.82) is 0 Å². The molecule has 0 spiro atoms. The molecule has 1 unspecified atom stereocenters. The van der Waals surface area contributed by atoms with Crippen LogP contribution in [-0.4, -0.2) is 56.6 Å². The Bertz CT molecular complexity index is 1520. The smallest absolute Gasteiger partial charge is 0.261 e. The van der Waals surface area contributed by atoms with Crippen LogP contribution >= 0.6 is 0 Å². The largest absolute Gasteiger partial charge is 0.333 e. The molecule has 2 aliphatic heterocycles. The molecule has 1 saturated heterocycles. The second-order valence-electron chi connectivity index (χ2n) is 9.35. The summed E-state index contributed by atoms with van der Waals surface area (Å²) in [7, 11) is -3.67. The summed E-state index contributed by atoms with van der Waals surface area (Å²) in [6, 6.07) is 22.8. The van der Waals surface area contributed by atoms with Crippen molar-refractivity contribution in [2.24, 2.45) is 9.98 Å². The number of amides is 1. The zero-order valence-corrected chi connectivity index (χ0v) is 22.4. The van der Waals surface area contributed by atoms with E-state index in [1.165, 1.54) is 0 Å². The molecule has 39 heavy (non-hydrogen) atoms. The van der Waals surface area contributed by atoms with Crippen LogP contribution < -0.4 is 15.4 Å². The third kappa shape index (κ3) is 6.42. The van der Waals surface area contributed by atoms with Crippen molar-refractivity contribution in [1.82, 2.24) is 10.2 Å². The molecule has 0 aromatic heterocycles. The summed E-state index contributed by atoms with van der Waals surface area (Å²) < 4.78 is 27.8. The van der Waals surface area contributed by atoms with E-state index < -0.39 is 10.0 Å². The maximum absolute atomic E-state index is 12.9. The van der Waals surface area contributed by atoms with Crippen molar-refractivity contribution in [2.45, 2.75) is 24.3 Å². The van der Waals surface area contributed by atoms with Gasteiger partial charge in [0, 0.05) is 55.2 Å². The monoisotopic (exact) mass is 542 g/mol. The number of nitrogens with zero attached hydrogens (tertiary/aromatic N) is 3. The number of allylic oxidation sites excluding steroid dienone is 1. The van der Waals surface area contributed by atoms with Gasteiger partial charge in [0.2, 0.25) is 5.96 Å². The Morgan fingerprint density at radius 3 is 2.41 bits per heavy atom. The fourth-order valence-corrected chi connectivity index (χ4v) is 5.49. The molecule has 0 aliphatic carbocycles. The van der Waals surface area contributed by atoms with Crippen LogP contribution in [0.15, 0.2) is 106 Å². The van der Waals surface area contributed by atoms with E-state index in [0.717, 1.165) is 30.1 Å². The second-order valence-corrected chi connectivity index (χ2v) is 11.0. The van der Waals surface area contributed by atoms with Gasteiger partial charge in [-0.1, -0.05) is 36.4 Å². The molecule has 10 heteroatoms. The maximum atomic E-state index is 12.9. The minimum atomic E-state index is -3.67. The summed E-state index contributed by atoms with van der Waals surface area (Å²) in [6.45, 7) is 4.34. The predicted octanol–water partition coefficient (Wildman–Crippen LogP) is 4.10. The van der Waals surface area contributed by atoms with Gasteiger partial charge in [0.15, 0.2) is 0 Å². The van der Waals surface area contributed by atoms with Crippen LogP contribution in [-0.2, 0) is 10.0 Å². The molecule has 1 fully saturated rings. The van der Waals surface area contributed by atoms with E-state index >= 15 is 0 Å². The number of anilines is 2. The van der Waals surface area contributed by atoms with Crippen LogP contribution in [0.4, 0.5) is 11.4 Å². The van der Waals surface area contributed by atoms with E-state index in [0.29, 0.717) is 30.2 Å². The number of nitrogens with one attached hydrogen (secondary N) is 3. The number of hydrogen-bond donors (Lipinski definition) is 3. The fraction of sp³-hybridized carbons (Fsp3) is 0.207. The van der Waals surface area contributed by atoms with Gasteiger partial charge in [-0.05, 0) is 61.0 Å². The Labute approximate surface area is 228 Å². The topological polar surface area (TPSA) is 115 Å². The summed E-state index contributed by atoms with van der Waals surface area (Å²) in [4.78, 5) is 24.1. The third-order valence-corrected chi connectivity index (χ3v) is 7.93. The number of carbonyl (C=O) groups excluding carboxylic acids is 1. The summed E-state index contributed by atoms with van der Waals surface area (Å²) >= 11 is 0. The van der Waals surface area contributed by atoms with Crippen molar-refractivity contribution in [3.05, 3.63) is 102 Å². The van der Waals surface area contributed by atoms with Crippen LogP contribution in [0.1, 0.15) is 29.3 Å². The van der Waals surface area contributed by atoms with Crippen molar-refractivity contribution in [2.75, 3.05) is 29.7 Å². The first-order valence-electron chi connectivity index (χ1n) is 12.8. The lowest BCUT2D eigenvalue weighted by Crippen LogP contribution is -2.52. The molecular formula is C29H30N6O3S. The number of rotatable bonds is 6. The lowest BCUT2D eigenvalue weighted by atomic mass is 10.1. The molecule has 200 valence electrons. The number of guanidine groups is 1. The summed E-state index contributed by atoms with van der Waals surface area (Å²) in [6.07, 6.45) is 4.18. The Kier molecular flexibility index (Phi) is 7.85. The predicted molar refractivity (Wildman–Crippen MR) is 155 cm³/mol. The summed E-state index contributed by atoms with van der Waals surface area (Å²) in [5, 5.41) is 6.52. The standard InChI is InChI=1S/C29H30N6O3S/c1-21-20-30-18-19-35(21)28(36)23-11-13-24(14-12-23)32-29-31-17-5-8-27(33-29)22-9-15-25(16-10-22)34-39(37,38)26-6-3-2-4-7-26/h2-7,9-17,21,30,34H,8,18-20H2,1H3,(H,31,32). The average molecular weight is 543 g/mol. The molecular weight excluding hydrogens is 512 g/mol. The Balaban J connectivity index is 1.26. The van der Waals surface area contributed by atoms with Gasteiger partial charge in [0.25, 0.3) is 15.9 Å². The molecule has 1 atom stereocenters. The normalized spacial score (nSPS) is 17.6. The highest BCUT2D eigenvalue weighted by Gasteiger charge is 2.24. The zero-order chi connectivity index (χ0) is 27.2. The number of benzene rings is 3. The van der Waals surface area contributed by atoms with E-state index in [1.54, 1.807) is 48.7 Å². The van der Waals surface area contributed by atoms with Crippen LogP contribution in [0.5, 0.6) is 0 Å². The van der Waals surface area contributed by atoms with E-state index in [9.17, 15) is 13.2 Å². The first-order valence-corrected chi connectivity index (χ1v) is 14.2. The van der Waals surface area contributed by atoms with Gasteiger partial charge in [0.05, 0.1) is 10.6 Å². The van der Waals surface area contributed by atoms with Crippen LogP contribution in [0.3, 0.4) is 0 Å².